The van der Waals surface area contributed by atoms with Crippen LogP contribution in [0, 0.1) is 5.82 Å². The minimum absolute atomic E-state index is 0. The molecule has 116 valence electrons. The van der Waals surface area contributed by atoms with Crippen molar-refractivity contribution in [2.45, 2.75) is 6.04 Å². The lowest BCUT2D eigenvalue weighted by molar-refractivity contribution is 0.145. The molecular weight excluding hydrogens is 332 g/mol. The molecule has 0 aromatic heterocycles. The molecule has 0 amide bonds. The zero-order valence-electron chi connectivity index (χ0n) is 10.6. The summed E-state index contributed by atoms with van der Waals surface area (Å²) in [6.45, 7) is 2.26. The Labute approximate surface area is 134 Å². The van der Waals surface area contributed by atoms with Crippen LogP contribution in [-0.4, -0.2) is 42.9 Å². The highest BCUT2D eigenvalue weighted by atomic mass is 35.5. The monoisotopic (exact) mass is 348 g/mol. The molecule has 0 bridgehead atoms. The fraction of sp³-hybridized carbons (Fsp3) is 0.500. The number of rotatable bonds is 3. The fourth-order valence-electron chi connectivity index (χ4n) is 2.19. The van der Waals surface area contributed by atoms with E-state index >= 15 is 0 Å². The van der Waals surface area contributed by atoms with Crippen molar-refractivity contribution in [1.82, 2.24) is 10.2 Å². The topological polar surface area (TPSA) is 35.5 Å². The number of benzene rings is 1. The van der Waals surface area contributed by atoms with Crippen molar-refractivity contribution in [3.8, 4) is 5.75 Å². The molecule has 0 aliphatic carbocycles. The number of halogens is 5. The highest BCUT2D eigenvalue weighted by Gasteiger charge is 2.26. The molecule has 0 saturated carbocycles. The Morgan fingerprint density at radius 3 is 2.45 bits per heavy atom. The Balaban J connectivity index is 0.00000180. The molecule has 20 heavy (non-hydrogen) atoms. The second-order valence-electron chi connectivity index (χ2n) is 4.26. The van der Waals surface area contributed by atoms with Gasteiger partial charge in [0.15, 0.2) is 0 Å². The van der Waals surface area contributed by atoms with E-state index in [-0.39, 0.29) is 35.6 Å². The van der Waals surface area contributed by atoms with Gasteiger partial charge in [-0.3, -0.25) is 4.90 Å². The van der Waals surface area contributed by atoms with Gasteiger partial charge in [0.1, 0.15) is 23.3 Å². The summed E-state index contributed by atoms with van der Waals surface area (Å²) in [6.07, 6.45) is 0. The van der Waals surface area contributed by atoms with Gasteiger partial charge in [0, 0.05) is 31.7 Å². The summed E-state index contributed by atoms with van der Waals surface area (Å²) in [5.74, 6) is -1.06. The molecule has 1 saturated heterocycles. The Morgan fingerprint density at radius 1 is 1.30 bits per heavy atom. The van der Waals surface area contributed by atoms with Crippen LogP contribution in [0.3, 0.4) is 0 Å². The maximum Gasteiger partial charge on any atom is 0.145 e. The molecular formula is C12H17Cl3F2N2O. The first-order valence-corrected chi connectivity index (χ1v) is 6.20. The molecule has 1 fully saturated rings. The van der Waals surface area contributed by atoms with Crippen LogP contribution in [-0.2, 0) is 0 Å². The van der Waals surface area contributed by atoms with Crippen LogP contribution in [0.4, 0.5) is 8.78 Å². The van der Waals surface area contributed by atoms with Gasteiger partial charge in [-0.1, -0.05) is 17.7 Å². The summed E-state index contributed by atoms with van der Waals surface area (Å²) in [5, 5.41) is 12.7. The first-order valence-electron chi connectivity index (χ1n) is 5.82. The molecule has 2 N–H and O–H groups in total. The largest absolute Gasteiger partial charge is 0.506 e. The van der Waals surface area contributed by atoms with Crippen LogP contribution >= 0.6 is 36.4 Å². The Kier molecular flexibility index (Phi) is 8.70. The van der Waals surface area contributed by atoms with E-state index in [0.717, 1.165) is 19.2 Å². The zero-order valence-corrected chi connectivity index (χ0v) is 13.0. The van der Waals surface area contributed by atoms with Gasteiger partial charge in [-0.05, 0) is 6.07 Å². The number of piperazine rings is 1. The van der Waals surface area contributed by atoms with Gasteiger partial charge in [-0.2, -0.15) is 0 Å². The molecule has 3 nitrogen and oxygen atoms in total. The fourth-order valence-corrected chi connectivity index (χ4v) is 2.37. The number of hydrogen-bond donors (Lipinski definition) is 2. The van der Waals surface area contributed by atoms with Gasteiger partial charge < -0.3 is 10.4 Å². The van der Waals surface area contributed by atoms with E-state index < -0.39 is 18.5 Å². The lowest BCUT2D eigenvalue weighted by atomic mass is 10.0. The number of alkyl halides is 1. The Bertz CT molecular complexity index is 431. The summed E-state index contributed by atoms with van der Waals surface area (Å²) in [7, 11) is 0. The van der Waals surface area contributed by atoms with Crippen LogP contribution in [0.5, 0.6) is 5.75 Å². The Morgan fingerprint density at radius 2 is 1.90 bits per heavy atom. The maximum absolute atomic E-state index is 13.2. The first-order chi connectivity index (χ1) is 8.65. The summed E-state index contributed by atoms with van der Waals surface area (Å²) in [5.41, 5.74) is 0.339. The molecule has 0 spiro atoms. The van der Waals surface area contributed by atoms with E-state index in [1.807, 2.05) is 4.90 Å². The first kappa shape index (κ1) is 19.7. The third kappa shape index (κ3) is 4.09. The lowest BCUT2D eigenvalue weighted by Crippen LogP contribution is -2.45. The normalized spacial score (nSPS) is 16.9. The predicted octanol–water partition coefficient (Wildman–Crippen LogP) is 2.94. The highest BCUT2D eigenvalue weighted by molar-refractivity contribution is 6.32. The molecule has 1 heterocycles. The van der Waals surface area contributed by atoms with Crippen molar-refractivity contribution in [3.63, 3.8) is 0 Å². The van der Waals surface area contributed by atoms with Crippen LogP contribution in [0.1, 0.15) is 11.6 Å². The molecule has 1 aliphatic heterocycles. The molecule has 0 unspecified atom stereocenters. The van der Waals surface area contributed by atoms with E-state index in [1.165, 1.54) is 6.07 Å². The van der Waals surface area contributed by atoms with Gasteiger partial charge >= 0.3 is 0 Å². The number of hydrogen-bond acceptors (Lipinski definition) is 3. The van der Waals surface area contributed by atoms with Crippen molar-refractivity contribution >= 4 is 36.4 Å². The van der Waals surface area contributed by atoms with Gasteiger partial charge in [-0.15, -0.1) is 24.8 Å². The summed E-state index contributed by atoms with van der Waals surface area (Å²) in [6, 6.07) is 1.97. The molecule has 8 heteroatoms. The van der Waals surface area contributed by atoms with Crippen LogP contribution < -0.4 is 5.32 Å². The lowest BCUT2D eigenvalue weighted by Gasteiger charge is -2.34. The van der Waals surface area contributed by atoms with Crippen molar-refractivity contribution in [2.75, 3.05) is 32.9 Å². The second-order valence-corrected chi connectivity index (χ2v) is 4.63. The summed E-state index contributed by atoms with van der Waals surface area (Å²) >= 11 is 5.64. The Hall–Kier alpha value is -0.330. The zero-order chi connectivity index (χ0) is 13.1. The number of phenols is 1. The van der Waals surface area contributed by atoms with Gasteiger partial charge in [0.2, 0.25) is 0 Å². The summed E-state index contributed by atoms with van der Waals surface area (Å²) < 4.78 is 26.4. The third-order valence-corrected chi connectivity index (χ3v) is 3.56. The van der Waals surface area contributed by atoms with E-state index in [4.69, 9.17) is 11.6 Å². The number of nitrogens with one attached hydrogen (secondary N) is 1. The minimum atomic E-state index is -0.698. The highest BCUT2D eigenvalue weighted by Crippen LogP contribution is 2.36. The molecule has 1 aliphatic rings. The van der Waals surface area contributed by atoms with E-state index in [1.54, 1.807) is 0 Å². The number of aromatic hydroxyl groups is 1. The van der Waals surface area contributed by atoms with Crippen LogP contribution in [0.25, 0.3) is 0 Å². The van der Waals surface area contributed by atoms with Crippen molar-refractivity contribution in [2.24, 2.45) is 0 Å². The van der Waals surface area contributed by atoms with Gasteiger partial charge in [0.05, 0.1) is 6.04 Å². The molecule has 0 radical (unpaired) electrons. The SMILES string of the molecule is Cl.Cl.Oc1c([C@H](CF)N2CCNCC2)ccc(F)c1Cl. The average molecular weight is 350 g/mol. The van der Waals surface area contributed by atoms with E-state index in [2.05, 4.69) is 5.32 Å². The van der Waals surface area contributed by atoms with Crippen molar-refractivity contribution < 1.29 is 13.9 Å². The van der Waals surface area contributed by atoms with Crippen LogP contribution in [0.2, 0.25) is 5.02 Å². The average Bonchev–Trinajstić information content (AvgIpc) is 2.41. The number of nitrogens with zero attached hydrogens (tertiary/aromatic N) is 1. The third-order valence-electron chi connectivity index (χ3n) is 3.20. The van der Waals surface area contributed by atoms with Gasteiger partial charge in [-0.25, -0.2) is 8.78 Å². The predicted molar refractivity (Wildman–Crippen MR) is 80.7 cm³/mol. The molecule has 1 atom stereocenters. The van der Waals surface area contributed by atoms with Crippen LogP contribution in [0.15, 0.2) is 12.1 Å². The van der Waals surface area contributed by atoms with E-state index in [9.17, 15) is 13.9 Å². The van der Waals surface area contributed by atoms with Gasteiger partial charge in [0.25, 0.3) is 0 Å². The minimum Gasteiger partial charge on any atom is -0.506 e. The van der Waals surface area contributed by atoms with Crippen molar-refractivity contribution in [1.29, 1.82) is 0 Å². The summed E-state index contributed by atoms with van der Waals surface area (Å²) in [4.78, 5) is 1.92. The standard InChI is InChI=1S/C12H15ClF2N2O.2ClH/c13-11-9(15)2-1-8(12(11)18)10(7-14)17-5-3-16-4-6-17;;/h1-2,10,16,18H,3-7H2;2*1H/t10-;;/m0../s1. The smallest absolute Gasteiger partial charge is 0.145 e. The second kappa shape index (κ2) is 8.85. The molecule has 1 aromatic rings. The quantitative estimate of drug-likeness (QED) is 0.881. The van der Waals surface area contributed by atoms with E-state index in [0.29, 0.717) is 18.7 Å². The van der Waals surface area contributed by atoms with Crippen molar-refractivity contribution in [3.05, 3.63) is 28.5 Å². The molecule has 1 aromatic carbocycles. The molecule has 2 rings (SSSR count). The number of phenolic OH excluding ortho intramolecular Hbond substituents is 1. The maximum atomic E-state index is 13.2.